The van der Waals surface area contributed by atoms with Gasteiger partial charge in [-0.1, -0.05) is 0 Å². The highest BCUT2D eigenvalue weighted by Gasteiger charge is 2.32. The van der Waals surface area contributed by atoms with Crippen LogP contribution in [-0.2, 0) is 0 Å². The quantitative estimate of drug-likeness (QED) is 0.803. The van der Waals surface area contributed by atoms with Crippen LogP contribution in [0.4, 0.5) is 0 Å². The van der Waals surface area contributed by atoms with E-state index in [1.807, 2.05) is 0 Å². The maximum absolute atomic E-state index is 3.43. The molecular weight excluding hydrogens is 210 g/mol. The van der Waals surface area contributed by atoms with Crippen LogP contribution in [0.1, 0.15) is 38.5 Å². The largest absolute Gasteiger partial charge is 0.317 e. The Morgan fingerprint density at radius 2 is 1.82 bits per heavy atom. The van der Waals surface area contributed by atoms with E-state index in [4.69, 9.17) is 0 Å². The van der Waals surface area contributed by atoms with Crippen molar-refractivity contribution in [1.82, 2.24) is 15.1 Å². The molecule has 17 heavy (non-hydrogen) atoms. The summed E-state index contributed by atoms with van der Waals surface area (Å²) < 4.78 is 0. The summed E-state index contributed by atoms with van der Waals surface area (Å²) in [5.74, 6) is 0. The van der Waals surface area contributed by atoms with Gasteiger partial charge in [-0.3, -0.25) is 4.90 Å². The van der Waals surface area contributed by atoms with Crippen LogP contribution in [0.25, 0.3) is 0 Å². The number of likely N-dealkylation sites (N-methyl/N-ethyl adjacent to an activating group) is 1. The van der Waals surface area contributed by atoms with Gasteiger partial charge < -0.3 is 10.2 Å². The molecule has 3 heteroatoms. The molecule has 3 nitrogen and oxygen atoms in total. The third-order valence-corrected chi connectivity index (χ3v) is 4.57. The van der Waals surface area contributed by atoms with Gasteiger partial charge in [-0.05, 0) is 66.2 Å². The summed E-state index contributed by atoms with van der Waals surface area (Å²) in [6.45, 7) is 2.58. The standard InChI is InChI=1S/C14H29N3/c1-15-12-6-8-13(9-7-12)17-10-4-5-14(17)11-16(2)3/h12-15H,4-11H2,1-3H3. The Bertz CT molecular complexity index is 222. The topological polar surface area (TPSA) is 18.5 Å². The van der Waals surface area contributed by atoms with Crippen LogP contribution in [0.5, 0.6) is 0 Å². The average molecular weight is 239 g/mol. The van der Waals surface area contributed by atoms with Crippen LogP contribution in [-0.4, -0.2) is 62.2 Å². The molecular formula is C14H29N3. The predicted molar refractivity (Wildman–Crippen MR) is 73.4 cm³/mol. The first-order chi connectivity index (χ1) is 8.20. The van der Waals surface area contributed by atoms with Gasteiger partial charge in [0.05, 0.1) is 0 Å². The van der Waals surface area contributed by atoms with Gasteiger partial charge in [0, 0.05) is 24.7 Å². The molecule has 1 saturated carbocycles. The third kappa shape index (κ3) is 3.43. The zero-order valence-electron chi connectivity index (χ0n) is 11.8. The van der Waals surface area contributed by atoms with Crippen molar-refractivity contribution in [3.8, 4) is 0 Å². The fourth-order valence-corrected chi connectivity index (χ4v) is 3.65. The van der Waals surface area contributed by atoms with Crippen LogP contribution < -0.4 is 5.32 Å². The molecule has 1 atom stereocenters. The molecule has 1 saturated heterocycles. The predicted octanol–water partition coefficient (Wildman–Crippen LogP) is 1.54. The first kappa shape index (κ1) is 13.3. The highest BCUT2D eigenvalue weighted by molar-refractivity contribution is 4.89. The van der Waals surface area contributed by atoms with E-state index in [0.717, 1.165) is 18.1 Å². The molecule has 2 rings (SSSR count). The number of hydrogen-bond donors (Lipinski definition) is 1. The molecule has 1 heterocycles. The summed E-state index contributed by atoms with van der Waals surface area (Å²) in [7, 11) is 6.51. The van der Waals surface area contributed by atoms with Gasteiger partial charge >= 0.3 is 0 Å². The van der Waals surface area contributed by atoms with Crippen LogP contribution >= 0.6 is 0 Å². The molecule has 1 N–H and O–H groups in total. The number of rotatable bonds is 4. The normalized spacial score (nSPS) is 35.6. The average Bonchev–Trinajstić information content (AvgIpc) is 2.76. The van der Waals surface area contributed by atoms with Gasteiger partial charge in [-0.2, -0.15) is 0 Å². The van der Waals surface area contributed by atoms with Crippen molar-refractivity contribution in [3.05, 3.63) is 0 Å². The Kier molecular flexibility index (Phi) is 4.83. The lowest BCUT2D eigenvalue weighted by atomic mass is 9.90. The van der Waals surface area contributed by atoms with Gasteiger partial charge in [-0.25, -0.2) is 0 Å². The molecule has 0 amide bonds. The van der Waals surface area contributed by atoms with E-state index in [9.17, 15) is 0 Å². The molecule has 2 aliphatic rings. The van der Waals surface area contributed by atoms with E-state index < -0.39 is 0 Å². The van der Waals surface area contributed by atoms with Crippen molar-refractivity contribution in [2.45, 2.75) is 56.7 Å². The maximum atomic E-state index is 3.43. The lowest BCUT2D eigenvalue weighted by Crippen LogP contribution is -2.46. The van der Waals surface area contributed by atoms with Crippen LogP contribution in [0.3, 0.4) is 0 Å². The zero-order chi connectivity index (χ0) is 12.3. The summed E-state index contributed by atoms with van der Waals surface area (Å²) in [5.41, 5.74) is 0. The summed E-state index contributed by atoms with van der Waals surface area (Å²) in [6, 6.07) is 2.47. The number of nitrogens with one attached hydrogen (secondary N) is 1. The van der Waals surface area contributed by atoms with E-state index >= 15 is 0 Å². The smallest absolute Gasteiger partial charge is 0.0226 e. The van der Waals surface area contributed by atoms with Crippen LogP contribution in [0, 0.1) is 0 Å². The fourth-order valence-electron chi connectivity index (χ4n) is 3.65. The van der Waals surface area contributed by atoms with Gasteiger partial charge in [-0.15, -0.1) is 0 Å². The molecule has 1 unspecified atom stereocenters. The number of likely N-dealkylation sites (tertiary alicyclic amines) is 1. The van der Waals surface area contributed by atoms with Gasteiger partial charge in [0.2, 0.25) is 0 Å². The Morgan fingerprint density at radius 3 is 2.41 bits per heavy atom. The molecule has 2 fully saturated rings. The second-order valence-corrected chi connectivity index (χ2v) is 6.09. The van der Waals surface area contributed by atoms with E-state index in [1.165, 1.54) is 51.6 Å². The molecule has 1 aliphatic carbocycles. The van der Waals surface area contributed by atoms with E-state index in [-0.39, 0.29) is 0 Å². The van der Waals surface area contributed by atoms with Crippen molar-refractivity contribution in [3.63, 3.8) is 0 Å². The summed E-state index contributed by atoms with van der Waals surface area (Å²) in [4.78, 5) is 5.16. The van der Waals surface area contributed by atoms with E-state index in [1.54, 1.807) is 0 Å². The Labute approximate surface area is 107 Å². The first-order valence-corrected chi connectivity index (χ1v) is 7.28. The van der Waals surface area contributed by atoms with E-state index in [2.05, 4.69) is 36.3 Å². The Balaban J connectivity index is 1.84. The molecule has 0 aromatic rings. The molecule has 0 bridgehead atoms. The first-order valence-electron chi connectivity index (χ1n) is 7.28. The minimum atomic E-state index is 0.779. The molecule has 0 aromatic carbocycles. The molecule has 100 valence electrons. The molecule has 0 radical (unpaired) electrons. The highest BCUT2D eigenvalue weighted by atomic mass is 15.2. The Morgan fingerprint density at radius 1 is 1.12 bits per heavy atom. The SMILES string of the molecule is CNC1CCC(N2CCCC2CN(C)C)CC1. The van der Waals surface area contributed by atoms with Gasteiger partial charge in [0.25, 0.3) is 0 Å². The van der Waals surface area contributed by atoms with Gasteiger partial charge in [0.15, 0.2) is 0 Å². The molecule has 1 aliphatic heterocycles. The van der Waals surface area contributed by atoms with Crippen molar-refractivity contribution >= 4 is 0 Å². The zero-order valence-corrected chi connectivity index (χ0v) is 11.8. The number of hydrogen-bond acceptors (Lipinski definition) is 3. The van der Waals surface area contributed by atoms with Crippen molar-refractivity contribution < 1.29 is 0 Å². The molecule has 0 spiro atoms. The van der Waals surface area contributed by atoms with Crippen molar-refractivity contribution in [1.29, 1.82) is 0 Å². The second-order valence-electron chi connectivity index (χ2n) is 6.09. The van der Waals surface area contributed by atoms with Crippen LogP contribution in [0.2, 0.25) is 0 Å². The monoisotopic (exact) mass is 239 g/mol. The minimum absolute atomic E-state index is 0.779. The highest BCUT2D eigenvalue weighted by Crippen LogP contribution is 2.29. The van der Waals surface area contributed by atoms with Crippen molar-refractivity contribution in [2.75, 3.05) is 34.2 Å². The van der Waals surface area contributed by atoms with Gasteiger partial charge in [0.1, 0.15) is 0 Å². The third-order valence-electron chi connectivity index (χ3n) is 4.57. The number of nitrogens with zero attached hydrogens (tertiary/aromatic N) is 2. The minimum Gasteiger partial charge on any atom is -0.317 e. The van der Waals surface area contributed by atoms with E-state index in [0.29, 0.717) is 0 Å². The fraction of sp³-hybridized carbons (Fsp3) is 1.00. The second kappa shape index (κ2) is 6.17. The maximum Gasteiger partial charge on any atom is 0.0226 e. The molecule has 0 aromatic heterocycles. The lowest BCUT2D eigenvalue weighted by molar-refractivity contribution is 0.115. The van der Waals surface area contributed by atoms with Crippen molar-refractivity contribution in [2.24, 2.45) is 0 Å². The summed E-state index contributed by atoms with van der Waals surface area (Å²) >= 11 is 0. The summed E-state index contributed by atoms with van der Waals surface area (Å²) in [5, 5.41) is 3.43. The Hall–Kier alpha value is -0.120. The van der Waals surface area contributed by atoms with Crippen LogP contribution in [0.15, 0.2) is 0 Å². The lowest BCUT2D eigenvalue weighted by Gasteiger charge is -2.38. The summed E-state index contributed by atoms with van der Waals surface area (Å²) in [6.07, 6.45) is 8.35.